The van der Waals surface area contributed by atoms with Gasteiger partial charge in [0.15, 0.2) is 6.61 Å². The number of nitriles is 1. The van der Waals surface area contributed by atoms with Crippen molar-refractivity contribution < 1.29 is 4.74 Å². The van der Waals surface area contributed by atoms with Crippen molar-refractivity contribution in [2.24, 2.45) is 5.10 Å². The van der Waals surface area contributed by atoms with Gasteiger partial charge in [-0.1, -0.05) is 17.2 Å². The van der Waals surface area contributed by atoms with Crippen molar-refractivity contribution in [2.45, 2.75) is 0 Å². The van der Waals surface area contributed by atoms with Crippen LogP contribution in [-0.4, -0.2) is 33.4 Å². The molecule has 18 heavy (non-hydrogen) atoms. The van der Waals surface area contributed by atoms with E-state index in [2.05, 4.69) is 31.2 Å². The lowest BCUT2D eigenvalue weighted by Gasteiger charge is -2.04. The lowest BCUT2D eigenvalue weighted by atomic mass is 10.2. The molecule has 0 spiro atoms. The van der Waals surface area contributed by atoms with E-state index in [4.69, 9.17) is 10.00 Å². The standard InChI is InChI=1S/C10H9N7O/c11-5-6-18-9-4-2-1-3-8(9)7-12-13-10-14-16-17-15-10/h1-4,7H,6H2,(H2,13,14,15,16,17)/b12-7+. The maximum atomic E-state index is 8.47. The summed E-state index contributed by atoms with van der Waals surface area (Å²) >= 11 is 0. The fourth-order valence-corrected chi connectivity index (χ4v) is 1.20. The summed E-state index contributed by atoms with van der Waals surface area (Å²) in [5.74, 6) is 0.847. The molecule has 0 fully saturated rings. The predicted octanol–water partition coefficient (Wildman–Crippen LogP) is 0.548. The van der Waals surface area contributed by atoms with E-state index in [0.717, 1.165) is 5.56 Å². The number of rotatable bonds is 5. The molecule has 0 aliphatic rings. The third-order valence-electron chi connectivity index (χ3n) is 1.92. The molecule has 1 aromatic carbocycles. The lowest BCUT2D eigenvalue weighted by molar-refractivity contribution is 0.367. The molecule has 0 aliphatic carbocycles. The van der Waals surface area contributed by atoms with Crippen LogP contribution in [0.2, 0.25) is 0 Å². The number of ether oxygens (including phenoxy) is 1. The number of para-hydroxylation sites is 1. The molecule has 1 heterocycles. The van der Waals surface area contributed by atoms with Crippen LogP contribution in [0.1, 0.15) is 5.56 Å². The molecule has 0 bridgehead atoms. The number of aromatic nitrogens is 4. The normalized spacial score (nSPS) is 10.2. The summed E-state index contributed by atoms with van der Waals surface area (Å²) in [4.78, 5) is 0. The van der Waals surface area contributed by atoms with Gasteiger partial charge in [0.05, 0.1) is 6.21 Å². The number of nitrogens with one attached hydrogen (secondary N) is 2. The molecular formula is C10H9N7O. The van der Waals surface area contributed by atoms with Crippen molar-refractivity contribution in [1.82, 2.24) is 20.6 Å². The molecule has 2 rings (SSSR count). The molecule has 8 nitrogen and oxygen atoms in total. The number of benzene rings is 1. The van der Waals surface area contributed by atoms with Crippen LogP contribution >= 0.6 is 0 Å². The fraction of sp³-hybridized carbons (Fsp3) is 0.100. The molecule has 0 unspecified atom stereocenters. The van der Waals surface area contributed by atoms with E-state index in [-0.39, 0.29) is 12.6 Å². The zero-order valence-electron chi connectivity index (χ0n) is 9.24. The van der Waals surface area contributed by atoms with E-state index in [0.29, 0.717) is 5.75 Å². The smallest absolute Gasteiger partial charge is 0.283 e. The second-order valence-corrected chi connectivity index (χ2v) is 3.09. The van der Waals surface area contributed by atoms with Gasteiger partial charge >= 0.3 is 0 Å². The number of H-pyrrole nitrogens is 1. The van der Waals surface area contributed by atoms with E-state index in [1.165, 1.54) is 0 Å². The highest BCUT2D eigenvalue weighted by Gasteiger charge is 1.99. The summed E-state index contributed by atoms with van der Waals surface area (Å²) in [7, 11) is 0. The molecule has 0 aliphatic heterocycles. The lowest BCUT2D eigenvalue weighted by Crippen LogP contribution is -1.98. The number of anilines is 1. The Morgan fingerprint density at radius 3 is 3.17 bits per heavy atom. The minimum Gasteiger partial charge on any atom is -0.478 e. The van der Waals surface area contributed by atoms with Crippen molar-refractivity contribution in [1.29, 1.82) is 5.26 Å². The number of hydrogen-bond donors (Lipinski definition) is 2. The Bertz CT molecular complexity index is 558. The largest absolute Gasteiger partial charge is 0.478 e. The van der Waals surface area contributed by atoms with Crippen molar-refractivity contribution in [3.05, 3.63) is 29.8 Å². The summed E-state index contributed by atoms with van der Waals surface area (Å²) in [5.41, 5.74) is 3.33. The van der Waals surface area contributed by atoms with E-state index >= 15 is 0 Å². The van der Waals surface area contributed by atoms with Gasteiger partial charge < -0.3 is 4.74 Å². The zero-order valence-corrected chi connectivity index (χ0v) is 9.24. The van der Waals surface area contributed by atoms with E-state index in [9.17, 15) is 0 Å². The number of hydrogen-bond acceptors (Lipinski definition) is 7. The second kappa shape index (κ2) is 5.95. The van der Waals surface area contributed by atoms with Crippen LogP contribution in [0.5, 0.6) is 5.75 Å². The highest BCUT2D eigenvalue weighted by molar-refractivity contribution is 5.83. The molecule has 2 N–H and O–H groups in total. The average Bonchev–Trinajstić information content (AvgIpc) is 2.91. The molecule has 0 amide bonds. The molecular weight excluding hydrogens is 234 g/mol. The van der Waals surface area contributed by atoms with Crippen LogP contribution < -0.4 is 10.2 Å². The van der Waals surface area contributed by atoms with Gasteiger partial charge in [0.1, 0.15) is 11.8 Å². The minimum atomic E-state index is -0.0108. The van der Waals surface area contributed by atoms with Gasteiger partial charge in [-0.3, -0.25) is 0 Å². The number of nitrogens with zero attached hydrogens (tertiary/aromatic N) is 5. The molecule has 0 atom stereocenters. The van der Waals surface area contributed by atoms with Crippen molar-refractivity contribution in [3.63, 3.8) is 0 Å². The maximum absolute atomic E-state index is 8.47. The van der Waals surface area contributed by atoms with E-state index in [1.54, 1.807) is 12.3 Å². The molecule has 0 radical (unpaired) electrons. The van der Waals surface area contributed by atoms with Crippen LogP contribution in [-0.2, 0) is 0 Å². The molecule has 90 valence electrons. The third-order valence-corrected chi connectivity index (χ3v) is 1.92. The van der Waals surface area contributed by atoms with Gasteiger partial charge in [-0.2, -0.15) is 15.6 Å². The number of aromatic amines is 1. The first kappa shape index (κ1) is 11.5. The molecule has 2 aromatic rings. The van der Waals surface area contributed by atoms with Crippen LogP contribution in [0, 0.1) is 11.3 Å². The highest BCUT2D eigenvalue weighted by atomic mass is 16.5. The van der Waals surface area contributed by atoms with E-state index < -0.39 is 0 Å². The zero-order chi connectivity index (χ0) is 12.6. The Labute approximate surface area is 102 Å². The summed E-state index contributed by atoms with van der Waals surface area (Å²) in [6.45, 7) is -0.0108. The fourth-order valence-electron chi connectivity index (χ4n) is 1.20. The van der Waals surface area contributed by atoms with Gasteiger partial charge in [-0.05, 0) is 17.3 Å². The average molecular weight is 243 g/mol. The van der Waals surface area contributed by atoms with E-state index in [1.807, 2.05) is 24.3 Å². The first-order valence-corrected chi connectivity index (χ1v) is 5.01. The Balaban J connectivity index is 2.04. The minimum absolute atomic E-state index is 0.0108. The first-order chi connectivity index (χ1) is 8.90. The third kappa shape index (κ3) is 3.02. The highest BCUT2D eigenvalue weighted by Crippen LogP contribution is 2.15. The molecule has 1 aromatic heterocycles. The summed E-state index contributed by atoms with van der Waals surface area (Å²) in [6.07, 6.45) is 1.54. The Hall–Kier alpha value is -2.95. The summed E-state index contributed by atoms with van der Waals surface area (Å²) in [5, 5.41) is 25.4. The van der Waals surface area contributed by atoms with Crippen molar-refractivity contribution in [3.8, 4) is 11.8 Å². The SMILES string of the molecule is N#CCOc1ccccc1/C=N/Nc1nn[nH]n1. The maximum Gasteiger partial charge on any atom is 0.283 e. The predicted molar refractivity (Wildman–Crippen MR) is 62.9 cm³/mol. The monoisotopic (exact) mass is 243 g/mol. The van der Waals surface area contributed by atoms with Crippen LogP contribution in [0.15, 0.2) is 29.4 Å². The number of hydrazone groups is 1. The number of tetrazole rings is 1. The van der Waals surface area contributed by atoms with Gasteiger partial charge in [0, 0.05) is 5.56 Å². The van der Waals surface area contributed by atoms with Crippen molar-refractivity contribution in [2.75, 3.05) is 12.0 Å². The van der Waals surface area contributed by atoms with Gasteiger partial charge in [0.25, 0.3) is 5.95 Å². The van der Waals surface area contributed by atoms with Gasteiger partial charge in [-0.25, -0.2) is 5.43 Å². The molecule has 0 saturated heterocycles. The second-order valence-electron chi connectivity index (χ2n) is 3.09. The Kier molecular flexibility index (Phi) is 3.81. The molecule has 8 heteroatoms. The van der Waals surface area contributed by atoms with Crippen LogP contribution in [0.4, 0.5) is 5.95 Å². The van der Waals surface area contributed by atoms with Crippen LogP contribution in [0.3, 0.4) is 0 Å². The molecule has 0 saturated carbocycles. The quantitative estimate of drug-likeness (QED) is 0.585. The Morgan fingerprint density at radius 2 is 2.39 bits per heavy atom. The van der Waals surface area contributed by atoms with Gasteiger partial charge in [-0.15, -0.1) is 5.10 Å². The topological polar surface area (TPSA) is 112 Å². The first-order valence-electron chi connectivity index (χ1n) is 5.01. The summed E-state index contributed by atoms with van der Waals surface area (Å²) in [6, 6.07) is 9.14. The van der Waals surface area contributed by atoms with Crippen LogP contribution in [0.25, 0.3) is 0 Å². The summed E-state index contributed by atoms with van der Waals surface area (Å²) < 4.78 is 5.24. The van der Waals surface area contributed by atoms with Gasteiger partial charge in [0.2, 0.25) is 0 Å². The van der Waals surface area contributed by atoms with Crippen molar-refractivity contribution >= 4 is 12.2 Å². The Morgan fingerprint density at radius 1 is 1.50 bits per heavy atom.